The molecule has 0 saturated heterocycles. The summed E-state index contributed by atoms with van der Waals surface area (Å²) in [7, 11) is 0. The Morgan fingerprint density at radius 3 is 2.80 bits per heavy atom. The molecule has 1 aromatic carbocycles. The van der Waals surface area contributed by atoms with Crippen LogP contribution in [0, 0.1) is 5.92 Å². The number of halogens is 1. The molecule has 0 aliphatic rings. The molecule has 0 spiro atoms. The predicted octanol–water partition coefficient (Wildman–Crippen LogP) is 2.42. The van der Waals surface area contributed by atoms with Gasteiger partial charge in [-0.1, -0.05) is 24.6 Å². The van der Waals surface area contributed by atoms with Crippen molar-refractivity contribution in [2.45, 2.75) is 13.3 Å². The first-order chi connectivity index (χ1) is 7.04. The van der Waals surface area contributed by atoms with Crippen molar-refractivity contribution < 1.29 is 14.7 Å². The molecule has 0 radical (unpaired) electrons. The van der Waals surface area contributed by atoms with Gasteiger partial charge in [0.2, 0.25) is 0 Å². The maximum absolute atomic E-state index is 10.8. The van der Waals surface area contributed by atoms with E-state index in [2.05, 4.69) is 0 Å². The van der Waals surface area contributed by atoms with Gasteiger partial charge in [-0.3, -0.25) is 0 Å². The van der Waals surface area contributed by atoms with Crippen molar-refractivity contribution in [1.29, 1.82) is 0 Å². The molecule has 1 unspecified atom stereocenters. The van der Waals surface area contributed by atoms with Gasteiger partial charge in [-0.15, -0.1) is 0 Å². The van der Waals surface area contributed by atoms with Gasteiger partial charge in [-0.25, -0.2) is 4.79 Å². The van der Waals surface area contributed by atoms with E-state index in [1.54, 1.807) is 13.0 Å². The van der Waals surface area contributed by atoms with E-state index in [0.29, 0.717) is 6.42 Å². The summed E-state index contributed by atoms with van der Waals surface area (Å²) in [6.45, 7) is 1.78. The summed E-state index contributed by atoms with van der Waals surface area (Å²) in [5, 5.41) is 9.04. The quantitative estimate of drug-likeness (QED) is 0.803. The minimum Gasteiger partial charge on any atom is -0.478 e. The standard InChI is InChI=1S/C11H11ClO3/c1-7(6-13)4-8-2-3-10(12)9(5-8)11(14)15/h2-3,5-7H,4H2,1H3,(H,14,15). The average molecular weight is 227 g/mol. The summed E-state index contributed by atoms with van der Waals surface area (Å²) >= 11 is 5.71. The summed E-state index contributed by atoms with van der Waals surface area (Å²) in [6, 6.07) is 4.78. The average Bonchev–Trinajstić information content (AvgIpc) is 2.20. The zero-order valence-electron chi connectivity index (χ0n) is 8.24. The largest absolute Gasteiger partial charge is 0.478 e. The lowest BCUT2D eigenvalue weighted by molar-refractivity contribution is -0.110. The third-order valence-corrected chi connectivity index (χ3v) is 2.38. The molecule has 1 atom stereocenters. The summed E-state index contributed by atoms with van der Waals surface area (Å²) in [5.74, 6) is -1.17. The van der Waals surface area contributed by atoms with Crippen LogP contribution in [-0.4, -0.2) is 17.4 Å². The number of aromatic carboxylic acids is 1. The molecule has 0 fully saturated rings. The van der Waals surface area contributed by atoms with Gasteiger partial charge in [-0.2, -0.15) is 0 Å². The van der Waals surface area contributed by atoms with Gasteiger partial charge in [0.25, 0.3) is 0 Å². The van der Waals surface area contributed by atoms with Crippen LogP contribution in [0.3, 0.4) is 0 Å². The van der Waals surface area contributed by atoms with Gasteiger partial charge < -0.3 is 9.90 Å². The topological polar surface area (TPSA) is 54.4 Å². The monoisotopic (exact) mass is 226 g/mol. The number of rotatable bonds is 4. The summed E-state index contributed by atoms with van der Waals surface area (Å²) in [4.78, 5) is 21.2. The van der Waals surface area contributed by atoms with E-state index in [1.165, 1.54) is 12.1 Å². The van der Waals surface area contributed by atoms with Crippen LogP contribution in [0.4, 0.5) is 0 Å². The van der Waals surface area contributed by atoms with Gasteiger partial charge in [0.15, 0.2) is 0 Å². The molecule has 1 N–H and O–H groups in total. The number of hydrogen-bond acceptors (Lipinski definition) is 2. The van der Waals surface area contributed by atoms with E-state index in [-0.39, 0.29) is 16.5 Å². The van der Waals surface area contributed by atoms with Gasteiger partial charge >= 0.3 is 5.97 Å². The number of hydrogen-bond donors (Lipinski definition) is 1. The van der Waals surface area contributed by atoms with Crippen LogP contribution in [0.5, 0.6) is 0 Å². The lowest BCUT2D eigenvalue weighted by atomic mass is 10.0. The van der Waals surface area contributed by atoms with E-state index in [1.807, 2.05) is 0 Å². The highest BCUT2D eigenvalue weighted by atomic mass is 35.5. The molecule has 0 heterocycles. The molecule has 1 aromatic rings. The van der Waals surface area contributed by atoms with Crippen molar-refractivity contribution in [3.05, 3.63) is 34.3 Å². The first-order valence-corrected chi connectivity index (χ1v) is 4.89. The zero-order valence-corrected chi connectivity index (χ0v) is 8.99. The lowest BCUT2D eigenvalue weighted by Crippen LogP contribution is -2.03. The summed E-state index contributed by atoms with van der Waals surface area (Å²) < 4.78 is 0. The predicted molar refractivity (Wildman–Crippen MR) is 57.3 cm³/mol. The second-order valence-corrected chi connectivity index (χ2v) is 3.84. The van der Waals surface area contributed by atoms with Gasteiger partial charge in [0.1, 0.15) is 6.29 Å². The SMILES string of the molecule is CC(C=O)Cc1ccc(Cl)c(C(=O)O)c1. The Morgan fingerprint density at radius 1 is 1.60 bits per heavy atom. The second-order valence-electron chi connectivity index (χ2n) is 3.44. The van der Waals surface area contributed by atoms with E-state index in [4.69, 9.17) is 16.7 Å². The Labute approximate surface area is 92.7 Å². The fourth-order valence-electron chi connectivity index (χ4n) is 1.28. The smallest absolute Gasteiger partial charge is 0.337 e. The number of benzene rings is 1. The third-order valence-electron chi connectivity index (χ3n) is 2.05. The van der Waals surface area contributed by atoms with Crippen molar-refractivity contribution >= 4 is 23.9 Å². The molecule has 80 valence electrons. The van der Waals surface area contributed by atoms with Gasteiger partial charge in [0, 0.05) is 5.92 Å². The van der Waals surface area contributed by atoms with Gasteiger partial charge in [0.05, 0.1) is 10.6 Å². The number of carboxylic acid groups (broad SMARTS) is 1. The van der Waals surface area contributed by atoms with E-state index in [0.717, 1.165) is 11.8 Å². The lowest BCUT2D eigenvalue weighted by Gasteiger charge is -2.06. The molecule has 0 aliphatic carbocycles. The fraction of sp³-hybridized carbons (Fsp3) is 0.273. The second kappa shape index (κ2) is 4.94. The van der Waals surface area contributed by atoms with E-state index in [9.17, 15) is 9.59 Å². The summed E-state index contributed by atoms with van der Waals surface area (Å²) in [5.41, 5.74) is 0.878. The fourth-order valence-corrected chi connectivity index (χ4v) is 1.48. The van der Waals surface area contributed by atoms with Crippen molar-refractivity contribution in [3.8, 4) is 0 Å². The van der Waals surface area contributed by atoms with Crippen LogP contribution >= 0.6 is 11.6 Å². The van der Waals surface area contributed by atoms with Gasteiger partial charge in [-0.05, 0) is 24.1 Å². The molecular weight excluding hydrogens is 216 g/mol. The highest BCUT2D eigenvalue weighted by molar-refractivity contribution is 6.33. The Bertz CT molecular complexity index is 387. The van der Waals surface area contributed by atoms with Crippen molar-refractivity contribution in [1.82, 2.24) is 0 Å². The number of carboxylic acids is 1. The first-order valence-electron chi connectivity index (χ1n) is 4.51. The molecule has 4 heteroatoms. The van der Waals surface area contributed by atoms with Crippen LogP contribution < -0.4 is 0 Å². The molecule has 0 amide bonds. The van der Waals surface area contributed by atoms with Crippen LogP contribution in [0.15, 0.2) is 18.2 Å². The van der Waals surface area contributed by atoms with Crippen LogP contribution in [0.2, 0.25) is 5.02 Å². The zero-order chi connectivity index (χ0) is 11.4. The van der Waals surface area contributed by atoms with Crippen molar-refractivity contribution in [2.75, 3.05) is 0 Å². The highest BCUT2D eigenvalue weighted by Crippen LogP contribution is 2.19. The molecule has 0 bridgehead atoms. The minimum atomic E-state index is -1.05. The number of carbonyl (C=O) groups excluding carboxylic acids is 1. The Balaban J connectivity index is 2.97. The van der Waals surface area contributed by atoms with Crippen molar-refractivity contribution in [2.24, 2.45) is 5.92 Å². The molecule has 0 aromatic heterocycles. The molecule has 0 saturated carbocycles. The van der Waals surface area contributed by atoms with Crippen LogP contribution in [0.25, 0.3) is 0 Å². The number of aldehydes is 1. The van der Waals surface area contributed by atoms with E-state index < -0.39 is 5.97 Å². The highest BCUT2D eigenvalue weighted by Gasteiger charge is 2.10. The molecule has 3 nitrogen and oxygen atoms in total. The maximum Gasteiger partial charge on any atom is 0.337 e. The Hall–Kier alpha value is -1.35. The molecule has 1 rings (SSSR count). The Morgan fingerprint density at radius 2 is 2.27 bits per heavy atom. The number of carbonyl (C=O) groups is 2. The molecular formula is C11H11ClO3. The molecule has 0 aliphatic heterocycles. The normalized spacial score (nSPS) is 12.1. The minimum absolute atomic E-state index is 0.0762. The maximum atomic E-state index is 10.8. The molecule has 15 heavy (non-hydrogen) atoms. The first kappa shape index (κ1) is 11.7. The Kier molecular flexibility index (Phi) is 3.86. The summed E-state index contributed by atoms with van der Waals surface area (Å²) in [6.07, 6.45) is 1.37. The van der Waals surface area contributed by atoms with Crippen LogP contribution in [0.1, 0.15) is 22.8 Å². The third kappa shape index (κ3) is 3.06. The van der Waals surface area contributed by atoms with Crippen LogP contribution in [-0.2, 0) is 11.2 Å². The van der Waals surface area contributed by atoms with E-state index >= 15 is 0 Å². The van der Waals surface area contributed by atoms with Crippen molar-refractivity contribution in [3.63, 3.8) is 0 Å².